The van der Waals surface area contributed by atoms with Crippen LogP contribution in [0.15, 0.2) is 71.5 Å². The number of fused-ring (bicyclic) bond motifs is 3. The van der Waals surface area contributed by atoms with Gasteiger partial charge in [-0.05, 0) is 39.7 Å². The molecule has 0 spiro atoms. The van der Waals surface area contributed by atoms with Gasteiger partial charge in [-0.1, -0.05) is 99.7 Å². The van der Waals surface area contributed by atoms with Crippen LogP contribution in [-0.2, 0) is 0 Å². The Balaban J connectivity index is 1.82. The Hall–Kier alpha value is -1.86. The lowest BCUT2D eigenvalue weighted by Gasteiger charge is -2.33. The fourth-order valence-corrected chi connectivity index (χ4v) is 8.20. The molecule has 0 atom stereocenters. The molecule has 0 radical (unpaired) electrons. The van der Waals surface area contributed by atoms with Gasteiger partial charge in [-0.3, -0.25) is 0 Å². The van der Waals surface area contributed by atoms with E-state index in [-0.39, 0.29) is 5.41 Å². The molecule has 4 rings (SSSR count). The summed E-state index contributed by atoms with van der Waals surface area (Å²) in [6.07, 6.45) is 6.15. The molecule has 128 valence electrons. The third kappa shape index (κ3) is 2.57. The van der Waals surface area contributed by atoms with Crippen molar-refractivity contribution in [2.24, 2.45) is 5.41 Å². The topological polar surface area (TPSA) is 0 Å². The Bertz CT molecular complexity index is 845. The summed E-state index contributed by atoms with van der Waals surface area (Å²) in [5.74, 6) is 0. The highest BCUT2D eigenvalue weighted by Gasteiger charge is 2.43. The van der Waals surface area contributed by atoms with Gasteiger partial charge in [0.05, 0.1) is 8.07 Å². The molecule has 0 aliphatic heterocycles. The standard InChI is InChI=1S/C24H28Si/c1-24(2,3)17-14-15-18(16-17)25(4,5)23-21-12-8-6-10-19(21)20-11-7-9-13-22(20)23/h6-14,16,23H,15H2,1-5H3. The molecule has 0 N–H and O–H groups in total. The first kappa shape index (κ1) is 16.6. The second kappa shape index (κ2) is 5.57. The molecule has 2 aromatic rings. The lowest BCUT2D eigenvalue weighted by molar-refractivity contribution is 0.518. The van der Waals surface area contributed by atoms with Gasteiger partial charge in [0.25, 0.3) is 0 Å². The van der Waals surface area contributed by atoms with Crippen LogP contribution in [0.3, 0.4) is 0 Å². The van der Waals surface area contributed by atoms with E-state index in [2.05, 4.69) is 94.5 Å². The zero-order valence-corrected chi connectivity index (χ0v) is 17.1. The van der Waals surface area contributed by atoms with E-state index in [0.29, 0.717) is 5.54 Å². The Kier molecular flexibility index (Phi) is 3.70. The van der Waals surface area contributed by atoms with Gasteiger partial charge >= 0.3 is 0 Å². The van der Waals surface area contributed by atoms with E-state index < -0.39 is 8.07 Å². The van der Waals surface area contributed by atoms with Crippen LogP contribution in [0.4, 0.5) is 0 Å². The zero-order valence-electron chi connectivity index (χ0n) is 16.1. The number of hydrogen-bond acceptors (Lipinski definition) is 0. The quantitative estimate of drug-likeness (QED) is 0.520. The molecule has 0 bridgehead atoms. The van der Waals surface area contributed by atoms with Crippen molar-refractivity contribution in [3.63, 3.8) is 0 Å². The summed E-state index contributed by atoms with van der Waals surface area (Å²) >= 11 is 0. The zero-order chi connectivity index (χ0) is 17.8. The van der Waals surface area contributed by atoms with Crippen LogP contribution >= 0.6 is 0 Å². The molecule has 0 saturated carbocycles. The van der Waals surface area contributed by atoms with Crippen molar-refractivity contribution in [3.8, 4) is 11.1 Å². The highest BCUT2D eigenvalue weighted by molar-refractivity contribution is 6.86. The predicted molar refractivity (Wildman–Crippen MR) is 111 cm³/mol. The number of allylic oxidation sites excluding steroid dienone is 4. The summed E-state index contributed by atoms with van der Waals surface area (Å²) in [5, 5.41) is 1.70. The van der Waals surface area contributed by atoms with Crippen LogP contribution in [0, 0.1) is 5.41 Å². The summed E-state index contributed by atoms with van der Waals surface area (Å²) in [4.78, 5) is 0. The Morgan fingerprint density at radius 3 is 1.84 bits per heavy atom. The minimum Gasteiger partial charge on any atom is -0.0771 e. The first-order valence-corrected chi connectivity index (χ1v) is 12.5. The molecule has 0 aromatic heterocycles. The van der Waals surface area contributed by atoms with E-state index in [4.69, 9.17) is 0 Å². The average molecular weight is 345 g/mol. The molecule has 1 heteroatoms. The molecule has 2 aromatic carbocycles. The maximum absolute atomic E-state index is 2.57. The largest absolute Gasteiger partial charge is 0.0881 e. The predicted octanol–water partition coefficient (Wildman–Crippen LogP) is 6.89. The molecule has 2 aliphatic carbocycles. The van der Waals surface area contributed by atoms with Crippen LogP contribution in [0.2, 0.25) is 13.1 Å². The van der Waals surface area contributed by atoms with Gasteiger partial charge in [-0.15, -0.1) is 0 Å². The van der Waals surface area contributed by atoms with E-state index in [1.165, 1.54) is 16.7 Å². The van der Waals surface area contributed by atoms with Gasteiger partial charge in [0.15, 0.2) is 0 Å². The maximum Gasteiger partial charge on any atom is 0.0881 e. The lowest BCUT2D eigenvalue weighted by Crippen LogP contribution is -2.37. The molecule has 0 unspecified atom stereocenters. The van der Waals surface area contributed by atoms with Gasteiger partial charge in [-0.2, -0.15) is 0 Å². The van der Waals surface area contributed by atoms with Crippen LogP contribution in [0.25, 0.3) is 11.1 Å². The van der Waals surface area contributed by atoms with E-state index in [0.717, 1.165) is 6.42 Å². The van der Waals surface area contributed by atoms with Crippen molar-refractivity contribution in [2.45, 2.75) is 45.8 Å². The molecule has 0 nitrogen and oxygen atoms in total. The van der Waals surface area contributed by atoms with Crippen molar-refractivity contribution >= 4 is 8.07 Å². The van der Waals surface area contributed by atoms with Gasteiger partial charge in [0.2, 0.25) is 0 Å². The maximum atomic E-state index is 2.57. The number of benzene rings is 2. The smallest absolute Gasteiger partial charge is 0.0771 e. The fraction of sp³-hybridized carbons (Fsp3) is 0.333. The molecule has 0 heterocycles. The molecule has 2 aliphatic rings. The van der Waals surface area contributed by atoms with Gasteiger partial charge in [0.1, 0.15) is 0 Å². The molecular formula is C24H28Si. The van der Waals surface area contributed by atoms with E-state index in [1.807, 2.05) is 0 Å². The second-order valence-corrected chi connectivity index (χ2v) is 13.8. The van der Waals surface area contributed by atoms with Crippen molar-refractivity contribution < 1.29 is 0 Å². The van der Waals surface area contributed by atoms with Crippen molar-refractivity contribution in [3.05, 3.63) is 82.6 Å². The van der Waals surface area contributed by atoms with E-state index >= 15 is 0 Å². The van der Waals surface area contributed by atoms with E-state index in [1.54, 1.807) is 16.3 Å². The van der Waals surface area contributed by atoms with Gasteiger partial charge in [-0.25, -0.2) is 0 Å². The third-order valence-electron chi connectivity index (χ3n) is 6.12. The Morgan fingerprint density at radius 1 is 0.840 bits per heavy atom. The number of rotatable bonds is 2. The highest BCUT2D eigenvalue weighted by Crippen LogP contribution is 2.51. The summed E-state index contributed by atoms with van der Waals surface area (Å²) in [6, 6.07) is 18.1. The fourth-order valence-electron chi connectivity index (χ4n) is 4.62. The third-order valence-corrected chi connectivity index (χ3v) is 10.2. The SMILES string of the molecule is CC(C)(C)C1=CCC([Si](C)(C)C2c3ccccc3-c3ccccc32)=C1. The summed E-state index contributed by atoms with van der Waals surface area (Å²) < 4.78 is 0. The van der Waals surface area contributed by atoms with Crippen LogP contribution in [0.1, 0.15) is 43.9 Å². The monoisotopic (exact) mass is 344 g/mol. The van der Waals surface area contributed by atoms with Crippen molar-refractivity contribution in [1.82, 2.24) is 0 Å². The molecule has 25 heavy (non-hydrogen) atoms. The number of hydrogen-bond donors (Lipinski definition) is 0. The minimum atomic E-state index is -1.65. The Morgan fingerprint density at radius 2 is 1.36 bits per heavy atom. The lowest BCUT2D eigenvalue weighted by atomic mass is 9.87. The van der Waals surface area contributed by atoms with Crippen molar-refractivity contribution in [2.75, 3.05) is 0 Å². The molecule has 0 fully saturated rings. The van der Waals surface area contributed by atoms with Gasteiger partial charge < -0.3 is 0 Å². The van der Waals surface area contributed by atoms with Crippen LogP contribution in [-0.4, -0.2) is 8.07 Å². The minimum absolute atomic E-state index is 0.248. The highest BCUT2D eigenvalue weighted by atomic mass is 28.3. The second-order valence-electron chi connectivity index (χ2n) is 9.11. The summed E-state index contributed by atoms with van der Waals surface area (Å²) in [5.41, 5.74) is 8.33. The molecular weight excluding hydrogens is 316 g/mol. The van der Waals surface area contributed by atoms with E-state index in [9.17, 15) is 0 Å². The molecule has 0 saturated heterocycles. The van der Waals surface area contributed by atoms with Gasteiger partial charge in [0, 0.05) is 5.54 Å². The molecule has 0 amide bonds. The summed E-state index contributed by atoms with van der Waals surface area (Å²) in [6.45, 7) is 12.1. The average Bonchev–Trinajstić information content (AvgIpc) is 3.18. The Labute approximate surface area is 153 Å². The van der Waals surface area contributed by atoms with Crippen LogP contribution < -0.4 is 0 Å². The first-order chi connectivity index (χ1) is 11.8. The van der Waals surface area contributed by atoms with Crippen molar-refractivity contribution in [1.29, 1.82) is 0 Å². The summed E-state index contributed by atoms with van der Waals surface area (Å²) in [7, 11) is -1.65. The first-order valence-electron chi connectivity index (χ1n) is 9.40. The normalized spacial score (nSPS) is 17.2. The van der Waals surface area contributed by atoms with Crippen LogP contribution in [0.5, 0.6) is 0 Å².